The molecule has 1 aliphatic rings. The first kappa shape index (κ1) is 12.6. The number of imidazole rings is 1. The third-order valence-corrected chi connectivity index (χ3v) is 4.73. The van der Waals surface area contributed by atoms with Crippen LogP contribution in [-0.2, 0) is 13.0 Å². The second-order valence-electron chi connectivity index (χ2n) is 5.04. The molecule has 0 spiro atoms. The molecule has 3 aromatic heterocycles. The van der Waals surface area contributed by atoms with Crippen LogP contribution in [0.25, 0.3) is 11.2 Å². The van der Waals surface area contributed by atoms with E-state index in [-0.39, 0.29) is 0 Å². The third kappa shape index (κ3) is 2.13. The normalized spacial score (nSPS) is 14.4. The number of H-pyrrole nitrogens is 1. The van der Waals surface area contributed by atoms with E-state index in [0.717, 1.165) is 37.4 Å². The number of aromatic amines is 1. The van der Waals surface area contributed by atoms with Gasteiger partial charge in [-0.15, -0.1) is 11.3 Å². The van der Waals surface area contributed by atoms with Gasteiger partial charge in [-0.3, -0.25) is 0 Å². The SMILES string of the molecule is CCNc1nc(N2CCc3sccc3C2)c2[nH]cnc2n1. The van der Waals surface area contributed by atoms with Crippen molar-refractivity contribution in [1.82, 2.24) is 19.9 Å². The summed E-state index contributed by atoms with van der Waals surface area (Å²) in [5.74, 6) is 1.58. The summed E-state index contributed by atoms with van der Waals surface area (Å²) < 4.78 is 0. The lowest BCUT2D eigenvalue weighted by atomic mass is 10.1. The highest BCUT2D eigenvalue weighted by molar-refractivity contribution is 7.10. The molecule has 108 valence electrons. The number of thiophene rings is 1. The molecule has 21 heavy (non-hydrogen) atoms. The lowest BCUT2D eigenvalue weighted by Gasteiger charge is -2.28. The first-order valence-electron chi connectivity index (χ1n) is 7.10. The molecule has 0 aromatic carbocycles. The van der Waals surface area contributed by atoms with Crippen LogP contribution in [0.4, 0.5) is 11.8 Å². The van der Waals surface area contributed by atoms with E-state index in [2.05, 4.69) is 41.6 Å². The molecule has 0 atom stereocenters. The standard InChI is InChI=1S/C14H16N6S/c1-2-15-14-18-12-11(16-8-17-12)13(19-14)20-5-3-10-9(7-20)4-6-21-10/h4,6,8H,2-3,5,7H2,1H3,(H2,15,16,17,18,19). The maximum atomic E-state index is 4.68. The third-order valence-electron chi connectivity index (χ3n) is 3.71. The highest BCUT2D eigenvalue weighted by atomic mass is 32.1. The number of aromatic nitrogens is 4. The molecule has 0 amide bonds. The number of anilines is 2. The summed E-state index contributed by atoms with van der Waals surface area (Å²) in [4.78, 5) is 20.4. The molecule has 4 rings (SSSR count). The van der Waals surface area contributed by atoms with E-state index >= 15 is 0 Å². The Morgan fingerprint density at radius 3 is 3.29 bits per heavy atom. The summed E-state index contributed by atoms with van der Waals surface area (Å²) in [6, 6.07) is 2.21. The van der Waals surface area contributed by atoms with Gasteiger partial charge in [-0.25, -0.2) is 4.98 Å². The molecule has 0 radical (unpaired) electrons. The molecule has 1 aliphatic heterocycles. The fourth-order valence-corrected chi connectivity index (χ4v) is 3.60. The number of nitrogens with one attached hydrogen (secondary N) is 2. The summed E-state index contributed by atoms with van der Waals surface area (Å²) in [6.45, 7) is 4.71. The molecule has 6 nitrogen and oxygen atoms in total. The van der Waals surface area contributed by atoms with Gasteiger partial charge in [0.1, 0.15) is 5.52 Å². The summed E-state index contributed by atoms with van der Waals surface area (Å²) in [5.41, 5.74) is 3.03. The van der Waals surface area contributed by atoms with Crippen LogP contribution in [0.3, 0.4) is 0 Å². The summed E-state index contributed by atoms with van der Waals surface area (Å²) >= 11 is 1.85. The van der Waals surface area contributed by atoms with Crippen molar-refractivity contribution < 1.29 is 0 Å². The van der Waals surface area contributed by atoms with Crippen molar-refractivity contribution in [2.24, 2.45) is 0 Å². The zero-order valence-electron chi connectivity index (χ0n) is 11.8. The van der Waals surface area contributed by atoms with Gasteiger partial charge >= 0.3 is 0 Å². The van der Waals surface area contributed by atoms with Crippen molar-refractivity contribution in [3.63, 3.8) is 0 Å². The molecule has 0 saturated carbocycles. The Balaban J connectivity index is 1.77. The van der Waals surface area contributed by atoms with Gasteiger partial charge in [0.15, 0.2) is 11.5 Å². The fourth-order valence-electron chi connectivity index (χ4n) is 2.71. The lowest BCUT2D eigenvalue weighted by Crippen LogP contribution is -2.30. The summed E-state index contributed by atoms with van der Waals surface area (Å²) in [5, 5.41) is 5.35. The van der Waals surface area contributed by atoms with Crippen molar-refractivity contribution in [2.45, 2.75) is 19.9 Å². The van der Waals surface area contributed by atoms with Crippen LogP contribution in [0, 0.1) is 0 Å². The molecule has 0 bridgehead atoms. The predicted octanol–water partition coefficient (Wildman–Crippen LogP) is 2.41. The van der Waals surface area contributed by atoms with Crippen molar-refractivity contribution in [2.75, 3.05) is 23.3 Å². The molecule has 0 unspecified atom stereocenters. The van der Waals surface area contributed by atoms with Crippen LogP contribution in [0.1, 0.15) is 17.4 Å². The molecular formula is C14H16N6S. The van der Waals surface area contributed by atoms with Crippen molar-refractivity contribution in [3.8, 4) is 0 Å². The maximum absolute atomic E-state index is 4.68. The van der Waals surface area contributed by atoms with Crippen LogP contribution in [0.15, 0.2) is 17.8 Å². The van der Waals surface area contributed by atoms with Gasteiger partial charge in [0.2, 0.25) is 5.95 Å². The van der Waals surface area contributed by atoms with E-state index < -0.39 is 0 Å². The van der Waals surface area contributed by atoms with Gasteiger partial charge in [0, 0.05) is 24.5 Å². The Labute approximate surface area is 126 Å². The van der Waals surface area contributed by atoms with Gasteiger partial charge in [0.05, 0.1) is 6.33 Å². The summed E-state index contributed by atoms with van der Waals surface area (Å²) in [7, 11) is 0. The van der Waals surface area contributed by atoms with Crippen LogP contribution in [0.5, 0.6) is 0 Å². The minimum absolute atomic E-state index is 0.642. The number of rotatable bonds is 3. The summed E-state index contributed by atoms with van der Waals surface area (Å²) in [6.07, 6.45) is 2.75. The maximum Gasteiger partial charge on any atom is 0.226 e. The van der Waals surface area contributed by atoms with E-state index in [9.17, 15) is 0 Å². The van der Waals surface area contributed by atoms with E-state index in [1.54, 1.807) is 6.33 Å². The van der Waals surface area contributed by atoms with Crippen LogP contribution < -0.4 is 10.2 Å². The topological polar surface area (TPSA) is 69.7 Å². The van der Waals surface area contributed by atoms with Crippen LogP contribution >= 0.6 is 11.3 Å². The monoisotopic (exact) mass is 300 g/mol. The Hall–Kier alpha value is -2.15. The predicted molar refractivity (Wildman–Crippen MR) is 84.9 cm³/mol. The average Bonchev–Trinajstić information content (AvgIpc) is 3.14. The smallest absolute Gasteiger partial charge is 0.226 e. The number of nitrogens with zero attached hydrogens (tertiary/aromatic N) is 4. The Morgan fingerprint density at radius 1 is 1.43 bits per heavy atom. The first-order valence-corrected chi connectivity index (χ1v) is 7.98. The van der Waals surface area contributed by atoms with E-state index in [4.69, 9.17) is 0 Å². The van der Waals surface area contributed by atoms with Crippen molar-refractivity contribution >= 4 is 34.3 Å². The number of hydrogen-bond acceptors (Lipinski definition) is 6. The quantitative estimate of drug-likeness (QED) is 0.777. The number of hydrogen-bond donors (Lipinski definition) is 2. The van der Waals surface area contributed by atoms with Gasteiger partial charge < -0.3 is 15.2 Å². The van der Waals surface area contributed by atoms with Crippen molar-refractivity contribution in [1.29, 1.82) is 0 Å². The van der Waals surface area contributed by atoms with Gasteiger partial charge in [0.25, 0.3) is 0 Å². The molecule has 7 heteroatoms. The van der Waals surface area contributed by atoms with E-state index in [1.807, 2.05) is 18.3 Å². The van der Waals surface area contributed by atoms with Gasteiger partial charge in [-0.05, 0) is 30.4 Å². The van der Waals surface area contributed by atoms with Crippen molar-refractivity contribution in [3.05, 3.63) is 28.2 Å². The average molecular weight is 300 g/mol. The van der Waals surface area contributed by atoms with Crippen LogP contribution in [0.2, 0.25) is 0 Å². The molecular weight excluding hydrogens is 284 g/mol. The van der Waals surface area contributed by atoms with Crippen LogP contribution in [-0.4, -0.2) is 33.0 Å². The Morgan fingerprint density at radius 2 is 2.38 bits per heavy atom. The highest BCUT2D eigenvalue weighted by Crippen LogP contribution is 2.30. The number of fused-ring (bicyclic) bond motifs is 2. The molecule has 4 heterocycles. The molecule has 0 aliphatic carbocycles. The Bertz CT molecular complexity index is 777. The minimum Gasteiger partial charge on any atom is -0.354 e. The highest BCUT2D eigenvalue weighted by Gasteiger charge is 2.22. The molecule has 2 N–H and O–H groups in total. The largest absolute Gasteiger partial charge is 0.354 e. The van der Waals surface area contributed by atoms with Gasteiger partial charge in [-0.1, -0.05) is 0 Å². The second kappa shape index (κ2) is 5.00. The Kier molecular flexibility index (Phi) is 2.99. The molecule has 0 fully saturated rings. The zero-order chi connectivity index (χ0) is 14.2. The minimum atomic E-state index is 0.642. The fraction of sp³-hybridized carbons (Fsp3) is 0.357. The van der Waals surface area contributed by atoms with E-state index in [1.165, 1.54) is 10.4 Å². The van der Waals surface area contributed by atoms with E-state index in [0.29, 0.717) is 11.6 Å². The lowest BCUT2D eigenvalue weighted by molar-refractivity contribution is 0.734. The second-order valence-corrected chi connectivity index (χ2v) is 6.04. The first-order chi connectivity index (χ1) is 10.3. The zero-order valence-corrected chi connectivity index (χ0v) is 12.6. The molecule has 3 aromatic rings. The van der Waals surface area contributed by atoms with Gasteiger partial charge in [-0.2, -0.15) is 9.97 Å². The molecule has 0 saturated heterocycles.